The number of carbonyl (C=O) groups is 2. The van der Waals surface area contributed by atoms with Gasteiger partial charge in [-0.2, -0.15) is 0 Å². The minimum Gasteiger partial charge on any atom is -0.489 e. The topological polar surface area (TPSA) is 78.9 Å². The molecule has 1 saturated carbocycles. The zero-order valence-corrected chi connectivity index (χ0v) is 19.7. The maximum atomic E-state index is 13.7. The molecule has 0 aromatic heterocycles. The van der Waals surface area contributed by atoms with E-state index in [1.807, 2.05) is 31.2 Å². The number of carbonyl (C=O) groups excluding carboxylic acids is 1. The highest BCUT2D eigenvalue weighted by Crippen LogP contribution is 2.37. The van der Waals surface area contributed by atoms with Crippen LogP contribution in [0.4, 0.5) is 0 Å². The standard InChI is InChI=1S/C26H31ClN2O4/c1-18(19-8-10-20(11-9-19)24(30)31)28-25(32)26(13-3-2-4-14-26)29-15-12-23(17-29)33-22-7-5-6-21(27)16-22/h5-11,16,18,23H,2-4,12-15,17H2,1H3,(H,28,32)(H,30,31)/t18?,23-/m1/s1. The molecule has 2 atom stereocenters. The van der Waals surface area contributed by atoms with E-state index in [1.54, 1.807) is 24.3 Å². The molecule has 33 heavy (non-hydrogen) atoms. The smallest absolute Gasteiger partial charge is 0.335 e. The number of aromatic carboxylic acids is 1. The Morgan fingerprint density at radius 2 is 1.88 bits per heavy atom. The Bertz CT molecular complexity index is 988. The van der Waals surface area contributed by atoms with Gasteiger partial charge in [-0.1, -0.05) is 49.1 Å². The zero-order chi connectivity index (χ0) is 23.4. The number of likely N-dealkylation sites (tertiary alicyclic amines) is 1. The number of amides is 1. The molecular weight excluding hydrogens is 440 g/mol. The summed E-state index contributed by atoms with van der Waals surface area (Å²) in [6.07, 6.45) is 5.79. The number of carboxylic acid groups (broad SMARTS) is 1. The first-order chi connectivity index (χ1) is 15.9. The second-order valence-corrected chi connectivity index (χ2v) is 9.58. The Morgan fingerprint density at radius 3 is 2.55 bits per heavy atom. The van der Waals surface area contributed by atoms with E-state index in [0.29, 0.717) is 11.6 Å². The van der Waals surface area contributed by atoms with Crippen LogP contribution in [0.1, 0.15) is 67.4 Å². The molecule has 2 aromatic carbocycles. The first kappa shape index (κ1) is 23.6. The minimum absolute atomic E-state index is 0.0241. The molecule has 0 radical (unpaired) electrons. The van der Waals surface area contributed by atoms with E-state index in [0.717, 1.165) is 56.4 Å². The molecule has 0 bridgehead atoms. The summed E-state index contributed by atoms with van der Waals surface area (Å²) >= 11 is 6.10. The van der Waals surface area contributed by atoms with Crippen molar-refractivity contribution >= 4 is 23.5 Å². The van der Waals surface area contributed by atoms with Crippen LogP contribution in [0, 0.1) is 0 Å². The van der Waals surface area contributed by atoms with Crippen LogP contribution in [0.3, 0.4) is 0 Å². The number of carboxylic acids is 1. The van der Waals surface area contributed by atoms with Gasteiger partial charge in [-0.15, -0.1) is 0 Å². The van der Waals surface area contributed by atoms with Crippen LogP contribution in [0.2, 0.25) is 5.02 Å². The molecule has 1 unspecified atom stereocenters. The lowest BCUT2D eigenvalue weighted by Gasteiger charge is -2.43. The van der Waals surface area contributed by atoms with Crippen molar-refractivity contribution in [2.45, 2.75) is 63.1 Å². The second-order valence-electron chi connectivity index (χ2n) is 9.15. The monoisotopic (exact) mass is 470 g/mol. The van der Waals surface area contributed by atoms with E-state index < -0.39 is 11.5 Å². The minimum atomic E-state index is -0.956. The number of nitrogens with one attached hydrogen (secondary N) is 1. The van der Waals surface area contributed by atoms with Crippen molar-refractivity contribution in [2.24, 2.45) is 0 Å². The number of halogens is 1. The van der Waals surface area contributed by atoms with Crippen LogP contribution in [0.15, 0.2) is 48.5 Å². The Hall–Kier alpha value is -2.57. The Kier molecular flexibility index (Phi) is 7.25. The highest BCUT2D eigenvalue weighted by molar-refractivity contribution is 6.30. The molecule has 7 heteroatoms. The molecule has 2 N–H and O–H groups in total. The van der Waals surface area contributed by atoms with Gasteiger partial charge in [0.15, 0.2) is 0 Å². The molecule has 1 heterocycles. The largest absolute Gasteiger partial charge is 0.489 e. The highest BCUT2D eigenvalue weighted by Gasteiger charge is 2.47. The van der Waals surface area contributed by atoms with Crippen LogP contribution < -0.4 is 10.1 Å². The average molecular weight is 471 g/mol. The van der Waals surface area contributed by atoms with E-state index in [1.165, 1.54) is 0 Å². The predicted octanol–water partition coefficient (Wildman–Crippen LogP) is 5.07. The molecular formula is C26H31ClN2O4. The summed E-state index contributed by atoms with van der Waals surface area (Å²) in [5, 5.41) is 13.0. The van der Waals surface area contributed by atoms with Crippen LogP contribution in [0.25, 0.3) is 0 Å². The van der Waals surface area contributed by atoms with Crippen LogP contribution in [-0.4, -0.2) is 46.6 Å². The lowest BCUT2D eigenvalue weighted by Crippen LogP contribution is -2.59. The SMILES string of the molecule is CC(NC(=O)C1(N2CC[C@@H](Oc3cccc(Cl)c3)C2)CCCCC1)c1ccc(C(=O)O)cc1. The summed E-state index contributed by atoms with van der Waals surface area (Å²) in [5.41, 5.74) is 0.603. The van der Waals surface area contributed by atoms with Gasteiger partial charge in [-0.05, 0) is 62.1 Å². The third-order valence-electron chi connectivity index (χ3n) is 6.96. The van der Waals surface area contributed by atoms with Crippen molar-refractivity contribution in [1.29, 1.82) is 0 Å². The van der Waals surface area contributed by atoms with Crippen molar-refractivity contribution in [2.75, 3.05) is 13.1 Å². The third-order valence-corrected chi connectivity index (χ3v) is 7.19. The van der Waals surface area contributed by atoms with Crippen LogP contribution >= 0.6 is 11.6 Å². The third kappa shape index (κ3) is 5.33. The Morgan fingerprint density at radius 1 is 1.15 bits per heavy atom. The van der Waals surface area contributed by atoms with E-state index >= 15 is 0 Å². The number of ether oxygens (including phenoxy) is 1. The number of benzene rings is 2. The van der Waals surface area contributed by atoms with Gasteiger partial charge in [0.05, 0.1) is 11.6 Å². The normalized spacial score (nSPS) is 21.3. The molecule has 1 saturated heterocycles. The molecule has 2 fully saturated rings. The number of hydrogen-bond acceptors (Lipinski definition) is 4. The number of rotatable bonds is 7. The van der Waals surface area contributed by atoms with Gasteiger partial charge >= 0.3 is 5.97 Å². The van der Waals surface area contributed by atoms with E-state index in [9.17, 15) is 9.59 Å². The fourth-order valence-electron chi connectivity index (χ4n) is 5.10. The molecule has 1 aliphatic heterocycles. The van der Waals surface area contributed by atoms with Gasteiger partial charge in [0, 0.05) is 18.1 Å². The number of hydrogen-bond donors (Lipinski definition) is 2. The predicted molar refractivity (Wildman–Crippen MR) is 128 cm³/mol. The molecule has 176 valence electrons. The fourth-order valence-corrected chi connectivity index (χ4v) is 5.28. The first-order valence-corrected chi connectivity index (χ1v) is 12.1. The van der Waals surface area contributed by atoms with Crippen molar-refractivity contribution in [1.82, 2.24) is 10.2 Å². The van der Waals surface area contributed by atoms with Crippen molar-refractivity contribution in [3.05, 3.63) is 64.7 Å². The second kappa shape index (κ2) is 10.1. The van der Waals surface area contributed by atoms with Crippen molar-refractivity contribution in [3.63, 3.8) is 0 Å². The lowest BCUT2D eigenvalue weighted by molar-refractivity contribution is -0.136. The maximum Gasteiger partial charge on any atom is 0.335 e. The summed E-state index contributed by atoms with van der Waals surface area (Å²) in [5.74, 6) is -0.140. The fraction of sp³-hybridized carbons (Fsp3) is 0.462. The van der Waals surface area contributed by atoms with Gasteiger partial charge in [-0.3, -0.25) is 9.69 Å². The summed E-state index contributed by atoms with van der Waals surface area (Å²) in [4.78, 5) is 27.1. The zero-order valence-electron chi connectivity index (χ0n) is 18.9. The van der Waals surface area contributed by atoms with Gasteiger partial charge in [-0.25, -0.2) is 4.79 Å². The molecule has 4 rings (SSSR count). The summed E-state index contributed by atoms with van der Waals surface area (Å²) < 4.78 is 6.18. The highest BCUT2D eigenvalue weighted by atomic mass is 35.5. The number of nitrogens with zero attached hydrogens (tertiary/aromatic N) is 1. The van der Waals surface area contributed by atoms with E-state index in [-0.39, 0.29) is 23.6 Å². The van der Waals surface area contributed by atoms with Crippen LogP contribution in [-0.2, 0) is 4.79 Å². The van der Waals surface area contributed by atoms with Gasteiger partial charge in [0.2, 0.25) is 5.91 Å². The van der Waals surface area contributed by atoms with Crippen molar-refractivity contribution < 1.29 is 19.4 Å². The first-order valence-electron chi connectivity index (χ1n) is 11.7. The molecule has 2 aliphatic rings. The average Bonchev–Trinajstić information content (AvgIpc) is 3.28. The maximum absolute atomic E-state index is 13.7. The molecule has 6 nitrogen and oxygen atoms in total. The molecule has 2 aromatic rings. The molecule has 1 amide bonds. The van der Waals surface area contributed by atoms with Crippen molar-refractivity contribution in [3.8, 4) is 5.75 Å². The Balaban J connectivity index is 1.45. The van der Waals surface area contributed by atoms with Gasteiger partial charge in [0.25, 0.3) is 0 Å². The summed E-state index contributed by atoms with van der Waals surface area (Å²) in [7, 11) is 0. The van der Waals surface area contributed by atoms with Gasteiger partial charge in [0.1, 0.15) is 17.4 Å². The van der Waals surface area contributed by atoms with E-state index in [4.69, 9.17) is 21.4 Å². The molecule has 0 spiro atoms. The molecule has 1 aliphatic carbocycles. The summed E-state index contributed by atoms with van der Waals surface area (Å²) in [6, 6.07) is 13.9. The van der Waals surface area contributed by atoms with Crippen LogP contribution in [0.5, 0.6) is 5.75 Å². The van der Waals surface area contributed by atoms with Gasteiger partial charge < -0.3 is 15.2 Å². The summed E-state index contributed by atoms with van der Waals surface area (Å²) in [6.45, 7) is 3.47. The lowest BCUT2D eigenvalue weighted by atomic mass is 9.79. The Labute approximate surface area is 199 Å². The quantitative estimate of drug-likeness (QED) is 0.590. The van der Waals surface area contributed by atoms with E-state index in [2.05, 4.69) is 10.2 Å².